The van der Waals surface area contributed by atoms with E-state index in [1.807, 2.05) is 30.5 Å². The van der Waals surface area contributed by atoms with E-state index >= 15 is 0 Å². The van der Waals surface area contributed by atoms with Gasteiger partial charge in [-0.05, 0) is 43.2 Å². The zero-order valence-electron chi connectivity index (χ0n) is 12.5. The van der Waals surface area contributed by atoms with Gasteiger partial charge in [-0.15, -0.1) is 0 Å². The zero-order valence-corrected chi connectivity index (χ0v) is 12.5. The van der Waals surface area contributed by atoms with Crippen molar-refractivity contribution >= 4 is 16.7 Å². The van der Waals surface area contributed by atoms with Gasteiger partial charge in [-0.2, -0.15) is 0 Å². The molecule has 0 radical (unpaired) electrons. The highest BCUT2D eigenvalue weighted by atomic mass is 16.5. The number of nitrogens with one attached hydrogen (secondary N) is 2. The highest BCUT2D eigenvalue weighted by molar-refractivity contribution is 5.80. The quantitative estimate of drug-likeness (QED) is 0.750. The summed E-state index contributed by atoms with van der Waals surface area (Å²) in [6.45, 7) is 0. The Morgan fingerprint density at radius 3 is 3.00 bits per heavy atom. The molecule has 1 aliphatic rings. The Labute approximate surface area is 133 Å². The van der Waals surface area contributed by atoms with Gasteiger partial charge in [0.2, 0.25) is 5.88 Å². The highest BCUT2D eigenvalue weighted by Gasteiger charge is 2.05. The predicted molar refractivity (Wildman–Crippen MR) is 90.5 cm³/mol. The molecule has 0 saturated heterocycles. The molecule has 114 valence electrons. The summed E-state index contributed by atoms with van der Waals surface area (Å²) in [6, 6.07) is 9.69. The number of hydrogen-bond acceptors (Lipinski definition) is 4. The standard InChI is InChI=1S/C18H16N4O/c1-2-4-14(5-3-1)22-17-11-18(21-12-20-17)23-15-6-7-16-13(10-15)8-9-19-16/h2,4-12,19H,1,3H2,(H,20,21,22). The monoisotopic (exact) mass is 304 g/mol. The second-order valence-electron chi connectivity index (χ2n) is 5.33. The second-order valence-corrected chi connectivity index (χ2v) is 5.33. The van der Waals surface area contributed by atoms with Crippen molar-refractivity contribution in [1.82, 2.24) is 15.0 Å². The third kappa shape index (κ3) is 3.08. The summed E-state index contributed by atoms with van der Waals surface area (Å²) < 4.78 is 5.84. The number of benzene rings is 1. The number of nitrogens with zero attached hydrogens (tertiary/aromatic N) is 2. The molecule has 2 aromatic heterocycles. The lowest BCUT2D eigenvalue weighted by molar-refractivity contribution is 0.462. The number of H-pyrrole nitrogens is 1. The molecule has 3 aromatic rings. The molecule has 0 saturated carbocycles. The summed E-state index contributed by atoms with van der Waals surface area (Å²) in [5, 5.41) is 4.37. The van der Waals surface area contributed by atoms with Crippen LogP contribution in [-0.2, 0) is 0 Å². The fraction of sp³-hybridized carbons (Fsp3) is 0.111. The Balaban J connectivity index is 1.53. The molecule has 0 unspecified atom stereocenters. The lowest BCUT2D eigenvalue weighted by Crippen LogP contribution is -2.02. The molecule has 5 heteroatoms. The van der Waals surface area contributed by atoms with Crippen molar-refractivity contribution in [3.63, 3.8) is 0 Å². The molecular weight excluding hydrogens is 288 g/mol. The number of ether oxygens (including phenoxy) is 1. The van der Waals surface area contributed by atoms with E-state index < -0.39 is 0 Å². The van der Waals surface area contributed by atoms with Crippen LogP contribution in [0, 0.1) is 0 Å². The first-order chi connectivity index (χ1) is 11.4. The normalized spacial score (nSPS) is 13.8. The molecule has 0 spiro atoms. The van der Waals surface area contributed by atoms with Gasteiger partial charge < -0.3 is 15.0 Å². The van der Waals surface area contributed by atoms with E-state index in [2.05, 4.69) is 38.5 Å². The van der Waals surface area contributed by atoms with Gasteiger partial charge in [0.05, 0.1) is 0 Å². The first-order valence-electron chi connectivity index (χ1n) is 7.58. The number of fused-ring (bicyclic) bond motifs is 1. The van der Waals surface area contributed by atoms with Crippen molar-refractivity contribution in [2.45, 2.75) is 12.8 Å². The van der Waals surface area contributed by atoms with E-state index in [0.29, 0.717) is 5.88 Å². The van der Waals surface area contributed by atoms with Crippen molar-refractivity contribution in [2.24, 2.45) is 0 Å². The van der Waals surface area contributed by atoms with Crippen molar-refractivity contribution in [1.29, 1.82) is 0 Å². The largest absolute Gasteiger partial charge is 0.439 e. The minimum atomic E-state index is 0.512. The van der Waals surface area contributed by atoms with Crippen LogP contribution in [0.15, 0.2) is 66.8 Å². The van der Waals surface area contributed by atoms with Crippen LogP contribution in [0.3, 0.4) is 0 Å². The third-order valence-electron chi connectivity index (χ3n) is 3.66. The fourth-order valence-corrected chi connectivity index (χ4v) is 2.53. The van der Waals surface area contributed by atoms with Gasteiger partial charge in [0.1, 0.15) is 17.9 Å². The van der Waals surface area contributed by atoms with Crippen molar-refractivity contribution < 1.29 is 4.74 Å². The number of allylic oxidation sites excluding steroid dienone is 3. The number of aromatic amines is 1. The first kappa shape index (κ1) is 13.6. The van der Waals surface area contributed by atoms with E-state index in [1.54, 1.807) is 6.07 Å². The third-order valence-corrected chi connectivity index (χ3v) is 3.66. The molecule has 0 fully saturated rings. The maximum atomic E-state index is 5.84. The van der Waals surface area contributed by atoms with Crippen LogP contribution in [0.1, 0.15) is 12.8 Å². The van der Waals surface area contributed by atoms with Gasteiger partial charge in [-0.25, -0.2) is 9.97 Å². The van der Waals surface area contributed by atoms with Crippen molar-refractivity contribution in [3.05, 3.63) is 66.8 Å². The summed E-state index contributed by atoms with van der Waals surface area (Å²) >= 11 is 0. The molecule has 0 atom stereocenters. The van der Waals surface area contributed by atoms with Crippen LogP contribution in [0.4, 0.5) is 5.82 Å². The minimum absolute atomic E-state index is 0.512. The van der Waals surface area contributed by atoms with E-state index in [1.165, 1.54) is 6.33 Å². The molecule has 1 aliphatic carbocycles. The summed E-state index contributed by atoms with van der Waals surface area (Å²) in [5.74, 6) is 1.98. The highest BCUT2D eigenvalue weighted by Crippen LogP contribution is 2.25. The maximum absolute atomic E-state index is 5.84. The van der Waals surface area contributed by atoms with Crippen LogP contribution < -0.4 is 10.1 Å². The lowest BCUT2D eigenvalue weighted by atomic mass is 10.1. The van der Waals surface area contributed by atoms with Gasteiger partial charge in [-0.1, -0.05) is 12.2 Å². The average molecular weight is 304 g/mol. The van der Waals surface area contributed by atoms with Gasteiger partial charge in [0.25, 0.3) is 0 Å². The topological polar surface area (TPSA) is 62.8 Å². The fourth-order valence-electron chi connectivity index (χ4n) is 2.53. The first-order valence-corrected chi connectivity index (χ1v) is 7.58. The Bertz CT molecular complexity index is 895. The van der Waals surface area contributed by atoms with Crippen LogP contribution >= 0.6 is 0 Å². The number of hydrogen-bond donors (Lipinski definition) is 2. The van der Waals surface area contributed by atoms with E-state index in [0.717, 1.165) is 41.0 Å². The minimum Gasteiger partial charge on any atom is -0.439 e. The summed E-state index contributed by atoms with van der Waals surface area (Å²) in [7, 11) is 0. The van der Waals surface area contributed by atoms with Crippen LogP contribution in [-0.4, -0.2) is 15.0 Å². The van der Waals surface area contributed by atoms with E-state index in [9.17, 15) is 0 Å². The molecule has 1 aromatic carbocycles. The molecule has 2 N–H and O–H groups in total. The van der Waals surface area contributed by atoms with E-state index in [-0.39, 0.29) is 0 Å². The Morgan fingerprint density at radius 1 is 1.09 bits per heavy atom. The molecule has 0 amide bonds. The number of aromatic nitrogens is 3. The summed E-state index contributed by atoms with van der Waals surface area (Å²) in [4.78, 5) is 11.6. The molecule has 23 heavy (non-hydrogen) atoms. The molecule has 4 rings (SSSR count). The number of anilines is 1. The van der Waals surface area contributed by atoms with Crippen LogP contribution in [0.2, 0.25) is 0 Å². The molecular formula is C18H16N4O. The molecule has 0 bridgehead atoms. The zero-order chi connectivity index (χ0) is 15.5. The van der Waals surface area contributed by atoms with Gasteiger partial charge in [0, 0.05) is 28.9 Å². The Hall–Kier alpha value is -3.08. The summed E-state index contributed by atoms with van der Waals surface area (Å²) in [5.41, 5.74) is 2.13. The van der Waals surface area contributed by atoms with Crippen molar-refractivity contribution in [3.8, 4) is 11.6 Å². The Kier molecular flexibility index (Phi) is 3.52. The molecule has 2 heterocycles. The number of rotatable bonds is 4. The summed E-state index contributed by atoms with van der Waals surface area (Å²) in [6.07, 6.45) is 11.9. The smallest absolute Gasteiger partial charge is 0.224 e. The van der Waals surface area contributed by atoms with Crippen LogP contribution in [0.25, 0.3) is 10.9 Å². The van der Waals surface area contributed by atoms with E-state index in [4.69, 9.17) is 4.74 Å². The van der Waals surface area contributed by atoms with Gasteiger partial charge in [0.15, 0.2) is 0 Å². The van der Waals surface area contributed by atoms with Crippen LogP contribution in [0.5, 0.6) is 11.6 Å². The lowest BCUT2D eigenvalue weighted by Gasteiger charge is -2.10. The van der Waals surface area contributed by atoms with Crippen molar-refractivity contribution in [2.75, 3.05) is 5.32 Å². The predicted octanol–water partition coefficient (Wildman–Crippen LogP) is 4.40. The van der Waals surface area contributed by atoms with Gasteiger partial charge >= 0.3 is 0 Å². The second kappa shape index (κ2) is 5.96. The maximum Gasteiger partial charge on any atom is 0.224 e. The molecule has 0 aliphatic heterocycles. The van der Waals surface area contributed by atoms with Gasteiger partial charge in [-0.3, -0.25) is 0 Å². The SMILES string of the molecule is C1=CC(Nc2cc(Oc3ccc4[nH]ccc4c3)ncn2)=CCC1. The average Bonchev–Trinajstić information content (AvgIpc) is 3.04. The molecule has 5 nitrogen and oxygen atoms in total. The Morgan fingerprint density at radius 2 is 2.09 bits per heavy atom.